The Kier molecular flexibility index (Phi) is 5.87. The molecule has 0 spiro atoms. The summed E-state index contributed by atoms with van der Waals surface area (Å²) in [6, 6.07) is 3.08. The zero-order valence-corrected chi connectivity index (χ0v) is 12.0. The predicted molar refractivity (Wildman–Crippen MR) is 72.1 cm³/mol. The van der Waals surface area contributed by atoms with Crippen LogP contribution in [0.2, 0.25) is 5.02 Å². The lowest BCUT2D eigenvalue weighted by Gasteiger charge is -2.15. The number of carbonyl (C=O) groups excluding carboxylic acids is 1. The molecule has 0 aliphatic rings. The van der Waals surface area contributed by atoms with Crippen LogP contribution in [0.25, 0.3) is 0 Å². The lowest BCUT2D eigenvalue weighted by atomic mass is 10.1. The van der Waals surface area contributed by atoms with E-state index in [1.165, 1.54) is 13.2 Å². The summed E-state index contributed by atoms with van der Waals surface area (Å²) in [7, 11) is 1.27. The maximum absolute atomic E-state index is 11.6. The molecule has 0 heterocycles. The molecule has 1 unspecified atom stereocenters. The van der Waals surface area contributed by atoms with Gasteiger partial charge in [-0.1, -0.05) is 11.6 Å². The molecule has 1 atom stereocenters. The third-order valence-electron chi connectivity index (χ3n) is 2.19. The van der Waals surface area contributed by atoms with Gasteiger partial charge in [0.05, 0.1) is 31.1 Å². The van der Waals surface area contributed by atoms with Crippen molar-refractivity contribution >= 4 is 39.2 Å². The average Bonchev–Trinajstić information content (AvgIpc) is 2.35. The molecule has 3 N–H and O–H groups in total. The Balaban J connectivity index is 3.04. The van der Waals surface area contributed by atoms with Crippen molar-refractivity contribution in [3.05, 3.63) is 27.2 Å². The third-order valence-corrected chi connectivity index (χ3v) is 3.03. The largest absolute Gasteiger partial charge is 0.465 e. The number of hydrogen-bond acceptors (Lipinski definition) is 5. The summed E-state index contributed by atoms with van der Waals surface area (Å²) in [4.78, 5) is 11.6. The van der Waals surface area contributed by atoms with Crippen LogP contribution >= 0.6 is 27.5 Å². The molecule has 0 fully saturated rings. The Morgan fingerprint density at radius 3 is 2.83 bits per heavy atom. The van der Waals surface area contributed by atoms with Crippen LogP contribution in [0, 0.1) is 0 Å². The summed E-state index contributed by atoms with van der Waals surface area (Å²) >= 11 is 9.13. The molecule has 0 bridgehead atoms. The Morgan fingerprint density at radius 1 is 1.61 bits per heavy atom. The normalized spacial score (nSPS) is 12.1. The van der Waals surface area contributed by atoms with Crippen molar-refractivity contribution in [2.75, 3.05) is 25.6 Å². The number of aliphatic hydroxyl groups excluding tert-OH is 2. The summed E-state index contributed by atoms with van der Waals surface area (Å²) in [6.07, 6.45) is -0.918. The van der Waals surface area contributed by atoms with Gasteiger partial charge in [-0.15, -0.1) is 0 Å². The molecule has 18 heavy (non-hydrogen) atoms. The van der Waals surface area contributed by atoms with Crippen LogP contribution in [-0.4, -0.2) is 42.5 Å². The van der Waals surface area contributed by atoms with Crippen LogP contribution in [0.3, 0.4) is 0 Å². The van der Waals surface area contributed by atoms with E-state index in [2.05, 4.69) is 26.0 Å². The number of aliphatic hydroxyl groups is 2. The summed E-state index contributed by atoms with van der Waals surface area (Å²) in [5.41, 5.74) is 0.709. The molecule has 0 aliphatic heterocycles. The Bertz CT molecular complexity index is 441. The zero-order valence-electron chi connectivity index (χ0n) is 9.61. The molecule has 1 aromatic carbocycles. The van der Waals surface area contributed by atoms with Crippen LogP contribution in [0.1, 0.15) is 10.4 Å². The molecule has 1 rings (SSSR count). The number of benzene rings is 1. The van der Waals surface area contributed by atoms with Gasteiger partial charge in [0.1, 0.15) is 0 Å². The van der Waals surface area contributed by atoms with Crippen LogP contribution in [0.5, 0.6) is 0 Å². The smallest absolute Gasteiger partial charge is 0.340 e. The lowest BCUT2D eigenvalue weighted by Crippen LogP contribution is -2.24. The van der Waals surface area contributed by atoms with Crippen molar-refractivity contribution in [3.8, 4) is 0 Å². The van der Waals surface area contributed by atoms with E-state index in [4.69, 9.17) is 16.7 Å². The second kappa shape index (κ2) is 6.94. The maximum atomic E-state index is 11.6. The van der Waals surface area contributed by atoms with E-state index in [0.717, 1.165) is 0 Å². The molecule has 0 saturated heterocycles. The van der Waals surface area contributed by atoms with E-state index in [-0.39, 0.29) is 18.7 Å². The molecule has 1 aromatic rings. The van der Waals surface area contributed by atoms with E-state index in [9.17, 15) is 9.90 Å². The Hall–Kier alpha value is -0.820. The summed E-state index contributed by atoms with van der Waals surface area (Å²) in [6.45, 7) is -0.271. The van der Waals surface area contributed by atoms with E-state index in [1.807, 2.05) is 0 Å². The summed E-state index contributed by atoms with van der Waals surface area (Å²) < 4.78 is 5.22. The van der Waals surface area contributed by atoms with E-state index in [1.54, 1.807) is 6.07 Å². The third kappa shape index (κ3) is 3.84. The van der Waals surface area contributed by atoms with Gasteiger partial charge in [-0.2, -0.15) is 0 Å². The van der Waals surface area contributed by atoms with Crippen LogP contribution in [-0.2, 0) is 4.74 Å². The first-order chi connectivity index (χ1) is 8.49. The van der Waals surface area contributed by atoms with E-state index >= 15 is 0 Å². The highest BCUT2D eigenvalue weighted by Crippen LogP contribution is 2.31. The van der Waals surface area contributed by atoms with Crippen molar-refractivity contribution in [2.24, 2.45) is 0 Å². The number of halogens is 2. The first-order valence-electron chi connectivity index (χ1n) is 5.09. The highest BCUT2D eigenvalue weighted by atomic mass is 79.9. The number of esters is 1. The highest BCUT2D eigenvalue weighted by Gasteiger charge is 2.16. The molecule has 0 radical (unpaired) electrons. The maximum Gasteiger partial charge on any atom is 0.340 e. The average molecular weight is 339 g/mol. The van der Waals surface area contributed by atoms with Gasteiger partial charge >= 0.3 is 5.97 Å². The minimum Gasteiger partial charge on any atom is -0.465 e. The van der Waals surface area contributed by atoms with Crippen molar-refractivity contribution in [1.82, 2.24) is 0 Å². The van der Waals surface area contributed by atoms with Crippen molar-refractivity contribution in [1.29, 1.82) is 0 Å². The summed E-state index contributed by atoms with van der Waals surface area (Å²) in [5.74, 6) is -0.542. The topological polar surface area (TPSA) is 78.8 Å². The van der Waals surface area contributed by atoms with Gasteiger partial charge < -0.3 is 20.3 Å². The van der Waals surface area contributed by atoms with E-state index in [0.29, 0.717) is 15.2 Å². The van der Waals surface area contributed by atoms with Crippen LogP contribution in [0.4, 0.5) is 5.69 Å². The molecule has 0 saturated carbocycles. The van der Waals surface area contributed by atoms with Crippen LogP contribution < -0.4 is 5.32 Å². The molecule has 0 aliphatic carbocycles. The number of nitrogens with one attached hydrogen (secondary N) is 1. The fourth-order valence-electron chi connectivity index (χ4n) is 1.31. The number of rotatable bonds is 5. The number of anilines is 1. The van der Waals surface area contributed by atoms with Gasteiger partial charge in [-0.05, 0) is 28.1 Å². The predicted octanol–water partition coefficient (Wildman–Crippen LogP) is 1.65. The van der Waals surface area contributed by atoms with Crippen LogP contribution in [0.15, 0.2) is 16.6 Å². The van der Waals surface area contributed by atoms with Gasteiger partial charge in [0.2, 0.25) is 0 Å². The highest BCUT2D eigenvalue weighted by molar-refractivity contribution is 9.10. The number of carbonyl (C=O) groups is 1. The first kappa shape index (κ1) is 15.2. The number of ether oxygens (including phenoxy) is 1. The molecular weight excluding hydrogens is 325 g/mol. The molecule has 7 heteroatoms. The SMILES string of the molecule is COC(=O)c1cc(Cl)cc(Br)c1NCC(O)CO. The van der Waals surface area contributed by atoms with Crippen molar-refractivity contribution in [2.45, 2.75) is 6.10 Å². The number of methoxy groups -OCH3 is 1. The molecule has 5 nitrogen and oxygen atoms in total. The fraction of sp³-hybridized carbons (Fsp3) is 0.364. The quantitative estimate of drug-likeness (QED) is 0.712. The zero-order chi connectivity index (χ0) is 13.7. The minimum absolute atomic E-state index is 0.0979. The Morgan fingerprint density at radius 2 is 2.28 bits per heavy atom. The monoisotopic (exact) mass is 337 g/mol. The second-order valence-corrected chi connectivity index (χ2v) is 4.81. The molecule has 0 aromatic heterocycles. The van der Waals surface area contributed by atoms with Gasteiger partial charge in [0, 0.05) is 16.0 Å². The van der Waals surface area contributed by atoms with E-state index < -0.39 is 12.1 Å². The number of hydrogen-bond donors (Lipinski definition) is 3. The lowest BCUT2D eigenvalue weighted by molar-refractivity contribution is 0.0601. The second-order valence-electron chi connectivity index (χ2n) is 3.52. The first-order valence-corrected chi connectivity index (χ1v) is 6.26. The van der Waals surface area contributed by atoms with Crippen molar-refractivity contribution in [3.63, 3.8) is 0 Å². The summed E-state index contributed by atoms with van der Waals surface area (Å²) in [5, 5.41) is 21.3. The fourth-order valence-corrected chi connectivity index (χ4v) is 2.26. The van der Waals surface area contributed by atoms with Gasteiger partial charge in [-0.25, -0.2) is 4.79 Å². The molecule has 100 valence electrons. The molecular formula is C11H13BrClNO4. The van der Waals surface area contributed by atoms with Gasteiger partial charge in [-0.3, -0.25) is 0 Å². The van der Waals surface area contributed by atoms with Crippen molar-refractivity contribution < 1.29 is 19.7 Å². The Labute approximate surface area is 118 Å². The minimum atomic E-state index is -0.918. The molecule has 0 amide bonds. The van der Waals surface area contributed by atoms with Gasteiger partial charge in [0.25, 0.3) is 0 Å². The standard InChI is InChI=1S/C11H13BrClNO4/c1-18-11(17)8-2-6(13)3-9(12)10(8)14-4-7(16)5-15/h2-3,7,14-16H,4-5H2,1H3. The van der Waals surface area contributed by atoms with Gasteiger partial charge in [0.15, 0.2) is 0 Å².